The van der Waals surface area contributed by atoms with E-state index in [1.165, 1.54) is 62.9 Å². The largest absolute Gasteiger partial charge is 0.331 e. The number of aryl methyl sites for hydroxylation is 1. The van der Waals surface area contributed by atoms with E-state index in [4.69, 9.17) is 4.98 Å². The first-order valence-electron chi connectivity index (χ1n) is 12.4. The summed E-state index contributed by atoms with van der Waals surface area (Å²) >= 11 is 0. The molecule has 152 valence electrons. The summed E-state index contributed by atoms with van der Waals surface area (Å²) in [4.78, 5) is 5.12. The van der Waals surface area contributed by atoms with E-state index in [0.717, 1.165) is 48.5 Å². The van der Waals surface area contributed by atoms with Crippen LogP contribution in [0.15, 0.2) is 12.3 Å². The zero-order valence-electron chi connectivity index (χ0n) is 17.9. The van der Waals surface area contributed by atoms with Crippen LogP contribution in [0.4, 0.5) is 0 Å². The van der Waals surface area contributed by atoms with Gasteiger partial charge in [-0.3, -0.25) is 0 Å². The van der Waals surface area contributed by atoms with Crippen molar-refractivity contribution >= 4 is 6.08 Å². The van der Waals surface area contributed by atoms with Crippen molar-refractivity contribution in [3.63, 3.8) is 0 Å². The summed E-state index contributed by atoms with van der Waals surface area (Å²) in [5.41, 5.74) is 1.93. The van der Waals surface area contributed by atoms with E-state index in [0.29, 0.717) is 11.3 Å². The highest BCUT2D eigenvalue weighted by atomic mass is 15.1. The van der Waals surface area contributed by atoms with Crippen molar-refractivity contribution in [2.45, 2.75) is 90.5 Å². The lowest BCUT2D eigenvalue weighted by Gasteiger charge is -2.56. The maximum absolute atomic E-state index is 5.12. The minimum absolute atomic E-state index is 0.504. The molecular weight excluding hydrogens is 340 g/mol. The topological polar surface area (TPSA) is 17.8 Å². The van der Waals surface area contributed by atoms with Gasteiger partial charge in [-0.25, -0.2) is 4.98 Å². The van der Waals surface area contributed by atoms with Gasteiger partial charge < -0.3 is 4.57 Å². The Hall–Kier alpha value is -1.05. The summed E-state index contributed by atoms with van der Waals surface area (Å²) in [6, 6.07) is 0. The van der Waals surface area contributed by atoms with Crippen molar-refractivity contribution in [3.05, 3.63) is 23.8 Å². The Labute approximate surface area is 171 Å². The van der Waals surface area contributed by atoms with E-state index < -0.39 is 0 Å². The fraction of sp³-hybridized carbons (Fsp3) is 0.808. The van der Waals surface area contributed by atoms with E-state index in [2.05, 4.69) is 36.8 Å². The molecule has 0 spiro atoms. The molecule has 0 aromatic carbocycles. The van der Waals surface area contributed by atoms with Gasteiger partial charge in [0.05, 0.1) is 5.69 Å². The Kier molecular flexibility index (Phi) is 4.11. The second kappa shape index (κ2) is 6.47. The van der Waals surface area contributed by atoms with Crippen molar-refractivity contribution in [1.29, 1.82) is 0 Å². The number of fused-ring (bicyclic) bond motifs is 6. The predicted molar refractivity (Wildman–Crippen MR) is 115 cm³/mol. The van der Waals surface area contributed by atoms with Crippen molar-refractivity contribution in [3.8, 4) is 0 Å². The molecule has 0 N–H and O–H groups in total. The molecule has 4 saturated carbocycles. The van der Waals surface area contributed by atoms with Gasteiger partial charge in [-0.2, -0.15) is 0 Å². The van der Waals surface area contributed by atoms with Gasteiger partial charge in [0.2, 0.25) is 0 Å². The number of allylic oxidation sites excluding steroid dienone is 1. The van der Waals surface area contributed by atoms with Crippen LogP contribution >= 0.6 is 0 Å². The molecule has 4 aliphatic carbocycles. The molecule has 8 atom stereocenters. The van der Waals surface area contributed by atoms with Crippen LogP contribution < -0.4 is 0 Å². The summed E-state index contributed by atoms with van der Waals surface area (Å²) in [5, 5.41) is 0. The number of rotatable bonds is 1. The summed E-state index contributed by atoms with van der Waals surface area (Å²) in [6.07, 6.45) is 21.6. The Morgan fingerprint density at radius 2 is 1.89 bits per heavy atom. The van der Waals surface area contributed by atoms with Gasteiger partial charge in [0, 0.05) is 18.7 Å². The molecule has 6 rings (SSSR count). The lowest BCUT2D eigenvalue weighted by molar-refractivity contribution is -0.0597. The molecule has 1 aliphatic heterocycles. The van der Waals surface area contributed by atoms with Crippen molar-refractivity contribution < 1.29 is 0 Å². The molecule has 4 fully saturated rings. The quantitative estimate of drug-likeness (QED) is 0.533. The molecule has 0 bridgehead atoms. The SMILES string of the molecule is C[C@H]1CC[C@@H]2C3CC[C@@]4(C)C(CC[C@@H]4c4cn5c(n4)C=CCC5)C3CC[C@@H]2C1. The van der Waals surface area contributed by atoms with Crippen LogP contribution in [0, 0.1) is 40.9 Å². The summed E-state index contributed by atoms with van der Waals surface area (Å²) in [6.45, 7) is 6.29. The molecular formula is C26H38N2. The van der Waals surface area contributed by atoms with Crippen LogP contribution in [-0.4, -0.2) is 9.55 Å². The first-order valence-corrected chi connectivity index (χ1v) is 12.4. The third-order valence-electron chi connectivity index (χ3n) is 10.2. The first-order chi connectivity index (χ1) is 13.6. The van der Waals surface area contributed by atoms with Crippen molar-refractivity contribution in [1.82, 2.24) is 9.55 Å². The second-order valence-electron chi connectivity index (χ2n) is 11.4. The monoisotopic (exact) mass is 378 g/mol. The molecule has 2 heterocycles. The standard InChI is InChI=1S/C26H38N2/c1-17-6-8-19-18(15-17)7-9-21-20(19)12-13-26(2)22(21)10-11-23(26)24-16-28-14-4-3-5-25(28)27-24/h3,5,16-23H,4,6-15H2,1-2H3/t17-,18+,19-,20?,21?,22?,23+,26-/m0/s1. The molecule has 5 aliphatic rings. The van der Waals surface area contributed by atoms with Crippen LogP contribution in [0.25, 0.3) is 6.08 Å². The summed E-state index contributed by atoms with van der Waals surface area (Å²) in [5.74, 6) is 8.08. The van der Waals surface area contributed by atoms with Crippen LogP contribution in [0.2, 0.25) is 0 Å². The molecule has 1 aromatic rings. The Morgan fingerprint density at radius 3 is 2.79 bits per heavy atom. The Balaban J connectivity index is 1.26. The normalized spacial score (nSPS) is 47.1. The maximum Gasteiger partial charge on any atom is 0.132 e. The highest BCUT2D eigenvalue weighted by Gasteiger charge is 2.57. The predicted octanol–water partition coefficient (Wildman–Crippen LogP) is 6.67. The molecule has 0 saturated heterocycles. The third kappa shape index (κ3) is 2.55. The fourth-order valence-electron chi connectivity index (χ4n) is 8.91. The number of hydrogen-bond acceptors (Lipinski definition) is 1. The lowest BCUT2D eigenvalue weighted by Crippen LogP contribution is -2.48. The summed E-state index contributed by atoms with van der Waals surface area (Å²) in [7, 11) is 0. The van der Waals surface area contributed by atoms with Crippen LogP contribution in [0.1, 0.15) is 95.5 Å². The van der Waals surface area contributed by atoms with Gasteiger partial charge in [0.25, 0.3) is 0 Å². The number of nitrogens with zero attached hydrogens (tertiary/aromatic N) is 2. The smallest absolute Gasteiger partial charge is 0.132 e. The van der Waals surface area contributed by atoms with Gasteiger partial charge in [0.15, 0.2) is 0 Å². The minimum atomic E-state index is 0.504. The van der Waals surface area contributed by atoms with Crippen LogP contribution in [-0.2, 0) is 6.54 Å². The highest BCUT2D eigenvalue weighted by molar-refractivity contribution is 5.43. The summed E-state index contributed by atoms with van der Waals surface area (Å²) < 4.78 is 2.41. The van der Waals surface area contributed by atoms with E-state index in [1.807, 2.05) is 0 Å². The van der Waals surface area contributed by atoms with Gasteiger partial charge >= 0.3 is 0 Å². The Morgan fingerprint density at radius 1 is 1.00 bits per heavy atom. The molecule has 2 nitrogen and oxygen atoms in total. The average Bonchev–Trinajstić information content (AvgIpc) is 3.27. The lowest BCUT2D eigenvalue weighted by atomic mass is 9.49. The molecule has 0 radical (unpaired) electrons. The third-order valence-corrected chi connectivity index (χ3v) is 10.2. The zero-order valence-corrected chi connectivity index (χ0v) is 17.9. The second-order valence-corrected chi connectivity index (χ2v) is 11.4. The van der Waals surface area contributed by atoms with E-state index in [-0.39, 0.29) is 0 Å². The van der Waals surface area contributed by atoms with Gasteiger partial charge in [-0.05, 0) is 105 Å². The van der Waals surface area contributed by atoms with Crippen LogP contribution in [0.5, 0.6) is 0 Å². The number of hydrogen-bond donors (Lipinski definition) is 0. The molecule has 3 unspecified atom stereocenters. The van der Waals surface area contributed by atoms with Crippen LogP contribution in [0.3, 0.4) is 0 Å². The fourth-order valence-corrected chi connectivity index (χ4v) is 8.91. The van der Waals surface area contributed by atoms with Gasteiger partial charge in [-0.15, -0.1) is 0 Å². The highest BCUT2D eigenvalue weighted by Crippen LogP contribution is 2.66. The first kappa shape index (κ1) is 17.8. The van der Waals surface area contributed by atoms with E-state index in [9.17, 15) is 0 Å². The zero-order chi connectivity index (χ0) is 18.9. The molecule has 1 aromatic heterocycles. The van der Waals surface area contributed by atoms with Crippen molar-refractivity contribution in [2.24, 2.45) is 40.9 Å². The average molecular weight is 379 g/mol. The Bertz CT molecular complexity index is 775. The van der Waals surface area contributed by atoms with Gasteiger partial charge in [0.1, 0.15) is 5.82 Å². The number of imidazole rings is 1. The number of aromatic nitrogens is 2. The van der Waals surface area contributed by atoms with E-state index in [1.54, 1.807) is 6.42 Å². The van der Waals surface area contributed by atoms with Crippen molar-refractivity contribution in [2.75, 3.05) is 0 Å². The molecule has 28 heavy (non-hydrogen) atoms. The maximum atomic E-state index is 5.12. The molecule has 2 heteroatoms. The van der Waals surface area contributed by atoms with Gasteiger partial charge in [-0.1, -0.05) is 26.3 Å². The molecule has 0 amide bonds. The van der Waals surface area contributed by atoms with E-state index >= 15 is 0 Å². The minimum Gasteiger partial charge on any atom is -0.331 e.